The van der Waals surface area contributed by atoms with Crippen molar-refractivity contribution in [2.45, 2.75) is 0 Å². The summed E-state index contributed by atoms with van der Waals surface area (Å²) in [5.74, 6) is 0.0710. The molecule has 0 unspecified atom stereocenters. The Bertz CT molecular complexity index is 1140. The van der Waals surface area contributed by atoms with E-state index in [1.807, 2.05) is 85.9 Å². The Labute approximate surface area is 176 Å². The molecule has 4 heteroatoms. The molecule has 0 spiro atoms. The van der Waals surface area contributed by atoms with Crippen molar-refractivity contribution in [3.8, 4) is 16.9 Å². The van der Waals surface area contributed by atoms with E-state index in [4.69, 9.17) is 0 Å². The fraction of sp³-hybridized carbons (Fsp3) is 0.0385. The molecule has 0 aromatic heterocycles. The van der Waals surface area contributed by atoms with Crippen LogP contribution in [-0.4, -0.2) is 18.1 Å². The lowest BCUT2D eigenvalue weighted by molar-refractivity contribution is 0.102. The Morgan fingerprint density at radius 1 is 0.733 bits per heavy atom. The van der Waals surface area contributed by atoms with E-state index in [9.17, 15) is 9.90 Å². The molecule has 0 bridgehead atoms. The largest absolute Gasteiger partial charge is 0.508 e. The van der Waals surface area contributed by atoms with Crippen molar-refractivity contribution >= 4 is 23.0 Å². The number of nitrogens with zero attached hydrogens (tertiary/aromatic N) is 1. The molecule has 4 aromatic carbocycles. The van der Waals surface area contributed by atoms with E-state index in [1.165, 1.54) is 0 Å². The standard InChI is InChI=1S/C26H22N2O2/c1-28(23-7-3-2-4-8-23)24-9-5-6-22(18-24)27-26(30)21-12-10-19(11-13-21)20-14-16-25(29)17-15-20/h2-18,29H,1H3,(H,27,30). The molecule has 0 aliphatic heterocycles. The highest BCUT2D eigenvalue weighted by atomic mass is 16.3. The summed E-state index contributed by atoms with van der Waals surface area (Å²) in [6, 6.07) is 32.2. The van der Waals surface area contributed by atoms with Crippen LogP contribution in [0.4, 0.5) is 17.1 Å². The highest BCUT2D eigenvalue weighted by molar-refractivity contribution is 6.04. The van der Waals surface area contributed by atoms with E-state index < -0.39 is 0 Å². The lowest BCUT2D eigenvalue weighted by Crippen LogP contribution is -2.13. The third-order valence-electron chi connectivity index (χ3n) is 4.98. The Morgan fingerprint density at radius 2 is 1.33 bits per heavy atom. The molecule has 0 aliphatic carbocycles. The summed E-state index contributed by atoms with van der Waals surface area (Å²) in [5.41, 5.74) is 5.35. The van der Waals surface area contributed by atoms with E-state index in [2.05, 4.69) is 10.2 Å². The van der Waals surface area contributed by atoms with E-state index in [0.717, 1.165) is 28.2 Å². The Morgan fingerprint density at radius 3 is 2.00 bits per heavy atom. The van der Waals surface area contributed by atoms with Gasteiger partial charge in [0.2, 0.25) is 0 Å². The van der Waals surface area contributed by atoms with Crippen LogP contribution in [0.1, 0.15) is 10.4 Å². The van der Waals surface area contributed by atoms with Crippen molar-refractivity contribution in [3.05, 3.63) is 109 Å². The topological polar surface area (TPSA) is 52.6 Å². The zero-order valence-corrected chi connectivity index (χ0v) is 16.6. The van der Waals surface area contributed by atoms with Gasteiger partial charge in [-0.25, -0.2) is 0 Å². The van der Waals surface area contributed by atoms with Gasteiger partial charge in [-0.1, -0.05) is 48.5 Å². The second-order valence-corrected chi connectivity index (χ2v) is 7.02. The molecule has 0 radical (unpaired) electrons. The van der Waals surface area contributed by atoms with E-state index in [-0.39, 0.29) is 11.7 Å². The molecule has 148 valence electrons. The maximum absolute atomic E-state index is 12.7. The maximum atomic E-state index is 12.7. The van der Waals surface area contributed by atoms with Gasteiger partial charge in [0.1, 0.15) is 5.75 Å². The molecule has 0 saturated heterocycles. The fourth-order valence-corrected chi connectivity index (χ4v) is 3.26. The molecular formula is C26H22N2O2. The number of para-hydroxylation sites is 1. The SMILES string of the molecule is CN(c1ccccc1)c1cccc(NC(=O)c2ccc(-c3ccc(O)cc3)cc2)c1. The number of hydrogen-bond donors (Lipinski definition) is 2. The minimum absolute atomic E-state index is 0.160. The molecule has 2 N–H and O–H groups in total. The first kappa shape index (κ1) is 19.3. The van der Waals surface area contributed by atoms with Crippen LogP contribution in [0.15, 0.2) is 103 Å². The number of carbonyl (C=O) groups excluding carboxylic acids is 1. The fourth-order valence-electron chi connectivity index (χ4n) is 3.26. The smallest absolute Gasteiger partial charge is 0.255 e. The lowest BCUT2D eigenvalue weighted by Gasteiger charge is -2.20. The van der Waals surface area contributed by atoms with Crippen molar-refractivity contribution in [3.63, 3.8) is 0 Å². The number of rotatable bonds is 5. The quantitative estimate of drug-likeness (QED) is 0.431. The van der Waals surface area contributed by atoms with Crippen molar-refractivity contribution in [1.82, 2.24) is 0 Å². The molecule has 30 heavy (non-hydrogen) atoms. The molecule has 4 nitrogen and oxygen atoms in total. The van der Waals surface area contributed by atoms with Crippen LogP contribution in [0.3, 0.4) is 0 Å². The van der Waals surface area contributed by atoms with Gasteiger partial charge in [0, 0.05) is 29.7 Å². The molecule has 4 aromatic rings. The van der Waals surface area contributed by atoms with Crippen LogP contribution in [0.25, 0.3) is 11.1 Å². The first-order valence-corrected chi connectivity index (χ1v) is 9.70. The van der Waals surface area contributed by atoms with Crippen molar-refractivity contribution < 1.29 is 9.90 Å². The molecule has 0 saturated carbocycles. The maximum Gasteiger partial charge on any atom is 0.255 e. The second-order valence-electron chi connectivity index (χ2n) is 7.02. The molecule has 0 fully saturated rings. The number of carbonyl (C=O) groups is 1. The van der Waals surface area contributed by atoms with Crippen molar-refractivity contribution in [1.29, 1.82) is 0 Å². The molecule has 0 atom stereocenters. The number of hydrogen-bond acceptors (Lipinski definition) is 3. The van der Waals surface area contributed by atoms with Gasteiger partial charge in [-0.05, 0) is 65.7 Å². The van der Waals surface area contributed by atoms with Gasteiger partial charge in [0.05, 0.1) is 0 Å². The number of aromatic hydroxyl groups is 1. The predicted molar refractivity (Wildman–Crippen MR) is 122 cm³/mol. The monoisotopic (exact) mass is 394 g/mol. The van der Waals surface area contributed by atoms with Gasteiger partial charge in [0.15, 0.2) is 0 Å². The molecule has 1 amide bonds. The Kier molecular flexibility index (Phi) is 5.48. The van der Waals surface area contributed by atoms with Crippen LogP contribution in [-0.2, 0) is 0 Å². The van der Waals surface area contributed by atoms with Crippen LogP contribution in [0, 0.1) is 0 Å². The predicted octanol–water partition coefficient (Wildman–Crippen LogP) is 6.08. The van der Waals surface area contributed by atoms with Gasteiger partial charge in [-0.2, -0.15) is 0 Å². The van der Waals surface area contributed by atoms with Crippen molar-refractivity contribution in [2.75, 3.05) is 17.3 Å². The number of anilines is 3. The molecule has 4 rings (SSSR count). The first-order chi connectivity index (χ1) is 14.6. The van der Waals surface area contributed by atoms with Crippen LogP contribution in [0.2, 0.25) is 0 Å². The zero-order valence-electron chi connectivity index (χ0n) is 16.6. The zero-order chi connectivity index (χ0) is 20.9. The summed E-state index contributed by atoms with van der Waals surface area (Å²) in [6.07, 6.45) is 0. The number of benzene rings is 4. The summed E-state index contributed by atoms with van der Waals surface area (Å²) >= 11 is 0. The highest BCUT2D eigenvalue weighted by Crippen LogP contribution is 2.26. The molecule has 0 heterocycles. The number of nitrogens with one attached hydrogen (secondary N) is 1. The summed E-state index contributed by atoms with van der Waals surface area (Å²) in [6.45, 7) is 0. The van der Waals surface area contributed by atoms with Gasteiger partial charge in [-0.15, -0.1) is 0 Å². The van der Waals surface area contributed by atoms with Crippen LogP contribution < -0.4 is 10.2 Å². The molecule has 0 aliphatic rings. The lowest BCUT2D eigenvalue weighted by atomic mass is 10.0. The summed E-state index contributed by atoms with van der Waals surface area (Å²) < 4.78 is 0. The van der Waals surface area contributed by atoms with Gasteiger partial charge in [-0.3, -0.25) is 4.79 Å². The summed E-state index contributed by atoms with van der Waals surface area (Å²) in [7, 11) is 2.00. The van der Waals surface area contributed by atoms with E-state index in [1.54, 1.807) is 24.3 Å². The second kappa shape index (κ2) is 8.53. The van der Waals surface area contributed by atoms with Crippen LogP contribution >= 0.6 is 0 Å². The summed E-state index contributed by atoms with van der Waals surface area (Å²) in [5, 5.41) is 12.4. The Balaban J connectivity index is 1.48. The number of phenolic OH excluding ortho intramolecular Hbond substituents is 1. The van der Waals surface area contributed by atoms with E-state index in [0.29, 0.717) is 5.56 Å². The minimum atomic E-state index is -0.160. The first-order valence-electron chi connectivity index (χ1n) is 9.70. The van der Waals surface area contributed by atoms with Gasteiger partial charge >= 0.3 is 0 Å². The normalized spacial score (nSPS) is 10.4. The molecular weight excluding hydrogens is 372 g/mol. The van der Waals surface area contributed by atoms with Gasteiger partial charge < -0.3 is 15.3 Å². The van der Waals surface area contributed by atoms with Gasteiger partial charge in [0.25, 0.3) is 5.91 Å². The van der Waals surface area contributed by atoms with Crippen LogP contribution in [0.5, 0.6) is 5.75 Å². The Hall–Kier alpha value is -4.05. The average molecular weight is 394 g/mol. The minimum Gasteiger partial charge on any atom is -0.508 e. The third kappa shape index (κ3) is 4.33. The number of phenols is 1. The number of amides is 1. The highest BCUT2D eigenvalue weighted by Gasteiger charge is 2.09. The third-order valence-corrected chi connectivity index (χ3v) is 4.98. The average Bonchev–Trinajstić information content (AvgIpc) is 2.80. The van der Waals surface area contributed by atoms with Crippen molar-refractivity contribution in [2.24, 2.45) is 0 Å². The summed E-state index contributed by atoms with van der Waals surface area (Å²) in [4.78, 5) is 14.8. The van der Waals surface area contributed by atoms with E-state index >= 15 is 0 Å².